The van der Waals surface area contributed by atoms with E-state index in [9.17, 15) is 4.79 Å². The van der Waals surface area contributed by atoms with Crippen molar-refractivity contribution < 1.29 is 9.53 Å². The first kappa shape index (κ1) is 14.1. The summed E-state index contributed by atoms with van der Waals surface area (Å²) in [7, 11) is 0. The number of benzene rings is 1. The van der Waals surface area contributed by atoms with E-state index in [1.807, 2.05) is 18.2 Å². The summed E-state index contributed by atoms with van der Waals surface area (Å²) in [5, 5.41) is 0. The number of aromatic nitrogens is 2. The molecule has 4 rings (SSSR count). The zero-order valence-electron chi connectivity index (χ0n) is 12.8. The maximum atomic E-state index is 12.8. The number of nitrogens with zero attached hydrogens (tertiary/aromatic N) is 4. The predicted octanol–water partition coefficient (Wildman–Crippen LogP) is 1.52. The fourth-order valence-corrected chi connectivity index (χ4v) is 3.07. The Kier molecular flexibility index (Phi) is 3.67. The second kappa shape index (κ2) is 5.96. The van der Waals surface area contributed by atoms with Crippen molar-refractivity contribution in [1.82, 2.24) is 9.97 Å². The van der Waals surface area contributed by atoms with Crippen LogP contribution in [-0.4, -0.2) is 48.7 Å². The Hall–Kier alpha value is -2.47. The van der Waals surface area contributed by atoms with E-state index < -0.39 is 0 Å². The van der Waals surface area contributed by atoms with E-state index in [2.05, 4.69) is 20.9 Å². The number of ether oxygens (including phenoxy) is 1. The number of morpholine rings is 1. The summed E-state index contributed by atoms with van der Waals surface area (Å²) in [6, 6.07) is 9.72. The molecular weight excluding hydrogens is 292 g/mol. The minimum absolute atomic E-state index is 0.0631. The first-order chi connectivity index (χ1) is 11.3. The van der Waals surface area contributed by atoms with E-state index in [-0.39, 0.29) is 5.91 Å². The largest absolute Gasteiger partial charge is 0.378 e. The monoisotopic (exact) mass is 310 g/mol. The van der Waals surface area contributed by atoms with Gasteiger partial charge in [0, 0.05) is 31.5 Å². The van der Waals surface area contributed by atoms with Gasteiger partial charge in [0.2, 0.25) is 5.95 Å². The molecule has 2 aromatic rings. The molecule has 0 spiro atoms. The Bertz CT molecular complexity index is 728. The molecule has 1 saturated heterocycles. The highest BCUT2D eigenvalue weighted by Crippen LogP contribution is 2.28. The molecule has 0 aliphatic carbocycles. The number of hydrogen-bond acceptors (Lipinski definition) is 5. The molecule has 0 bridgehead atoms. The molecule has 0 radical (unpaired) electrons. The summed E-state index contributed by atoms with van der Waals surface area (Å²) >= 11 is 0. The number of hydrogen-bond donors (Lipinski definition) is 0. The number of rotatable bonds is 2. The van der Waals surface area contributed by atoms with E-state index in [0.29, 0.717) is 31.4 Å². The molecule has 1 amide bonds. The highest BCUT2D eigenvalue weighted by atomic mass is 16.5. The molecule has 3 heterocycles. The van der Waals surface area contributed by atoms with Gasteiger partial charge in [-0.2, -0.15) is 0 Å². The number of carbonyl (C=O) groups is 1. The zero-order chi connectivity index (χ0) is 15.6. The van der Waals surface area contributed by atoms with E-state index in [4.69, 9.17) is 4.74 Å². The molecule has 2 aliphatic heterocycles. The van der Waals surface area contributed by atoms with Crippen molar-refractivity contribution in [3.63, 3.8) is 0 Å². The highest BCUT2D eigenvalue weighted by Gasteiger charge is 2.26. The van der Waals surface area contributed by atoms with Gasteiger partial charge in [-0.05, 0) is 24.1 Å². The summed E-state index contributed by atoms with van der Waals surface area (Å²) in [6.45, 7) is 3.55. The SMILES string of the molecule is O=C(c1ccnc(N2CCOCC2)n1)N1CCc2ccccc21. The van der Waals surface area contributed by atoms with Crippen molar-refractivity contribution in [2.75, 3.05) is 42.6 Å². The third-order valence-corrected chi connectivity index (χ3v) is 4.29. The van der Waals surface area contributed by atoms with Crippen molar-refractivity contribution in [2.45, 2.75) is 6.42 Å². The van der Waals surface area contributed by atoms with Crippen LogP contribution in [0.25, 0.3) is 0 Å². The Morgan fingerprint density at radius 2 is 1.91 bits per heavy atom. The molecule has 6 heteroatoms. The van der Waals surface area contributed by atoms with Crippen LogP contribution in [-0.2, 0) is 11.2 Å². The van der Waals surface area contributed by atoms with Gasteiger partial charge in [0.25, 0.3) is 5.91 Å². The highest BCUT2D eigenvalue weighted by molar-refractivity contribution is 6.06. The van der Waals surface area contributed by atoms with Gasteiger partial charge in [0.05, 0.1) is 13.2 Å². The van der Waals surface area contributed by atoms with Crippen molar-refractivity contribution in [1.29, 1.82) is 0 Å². The minimum atomic E-state index is -0.0631. The normalized spacial score (nSPS) is 17.2. The van der Waals surface area contributed by atoms with Gasteiger partial charge >= 0.3 is 0 Å². The lowest BCUT2D eigenvalue weighted by Crippen LogP contribution is -2.38. The fourth-order valence-electron chi connectivity index (χ4n) is 3.07. The zero-order valence-corrected chi connectivity index (χ0v) is 12.8. The van der Waals surface area contributed by atoms with Gasteiger partial charge < -0.3 is 14.5 Å². The Morgan fingerprint density at radius 3 is 2.78 bits per heavy atom. The van der Waals surface area contributed by atoms with Gasteiger partial charge in [0.1, 0.15) is 5.69 Å². The van der Waals surface area contributed by atoms with Gasteiger partial charge in [-0.25, -0.2) is 9.97 Å². The van der Waals surface area contributed by atoms with Crippen LogP contribution in [0.15, 0.2) is 36.5 Å². The molecule has 23 heavy (non-hydrogen) atoms. The Balaban J connectivity index is 1.60. The Morgan fingerprint density at radius 1 is 1.09 bits per heavy atom. The third-order valence-electron chi connectivity index (χ3n) is 4.29. The summed E-state index contributed by atoms with van der Waals surface area (Å²) < 4.78 is 5.35. The topological polar surface area (TPSA) is 58.6 Å². The summed E-state index contributed by atoms with van der Waals surface area (Å²) in [5.41, 5.74) is 2.64. The molecule has 0 N–H and O–H groups in total. The minimum Gasteiger partial charge on any atom is -0.378 e. The van der Waals surface area contributed by atoms with E-state index in [1.54, 1.807) is 17.2 Å². The number of para-hydroxylation sites is 1. The van der Waals surface area contributed by atoms with Gasteiger partial charge in [-0.1, -0.05) is 18.2 Å². The Labute approximate surface area is 134 Å². The van der Waals surface area contributed by atoms with E-state index in [0.717, 1.165) is 25.2 Å². The molecule has 1 fully saturated rings. The maximum Gasteiger partial charge on any atom is 0.277 e. The molecule has 2 aliphatic rings. The third kappa shape index (κ3) is 2.66. The molecule has 1 aromatic carbocycles. The predicted molar refractivity (Wildman–Crippen MR) is 86.9 cm³/mol. The van der Waals surface area contributed by atoms with Gasteiger partial charge in [-0.15, -0.1) is 0 Å². The number of anilines is 2. The average molecular weight is 310 g/mol. The summed E-state index contributed by atoms with van der Waals surface area (Å²) in [5.74, 6) is 0.540. The van der Waals surface area contributed by atoms with Crippen molar-refractivity contribution >= 4 is 17.5 Å². The smallest absolute Gasteiger partial charge is 0.277 e. The second-order valence-corrected chi connectivity index (χ2v) is 5.68. The van der Waals surface area contributed by atoms with Crippen molar-refractivity contribution in [3.8, 4) is 0 Å². The quantitative estimate of drug-likeness (QED) is 0.841. The number of amides is 1. The molecule has 1 aromatic heterocycles. The number of carbonyl (C=O) groups excluding carboxylic acids is 1. The molecule has 0 saturated carbocycles. The number of fused-ring (bicyclic) bond motifs is 1. The van der Waals surface area contributed by atoms with Crippen LogP contribution in [0.2, 0.25) is 0 Å². The molecule has 0 atom stereocenters. The second-order valence-electron chi connectivity index (χ2n) is 5.68. The van der Waals surface area contributed by atoms with Gasteiger partial charge in [0.15, 0.2) is 0 Å². The van der Waals surface area contributed by atoms with Crippen molar-refractivity contribution in [2.24, 2.45) is 0 Å². The van der Waals surface area contributed by atoms with E-state index >= 15 is 0 Å². The van der Waals surface area contributed by atoms with Crippen molar-refractivity contribution in [3.05, 3.63) is 47.8 Å². The van der Waals surface area contributed by atoms with Crippen LogP contribution >= 0.6 is 0 Å². The lowest BCUT2D eigenvalue weighted by atomic mass is 10.2. The molecule has 118 valence electrons. The molecule has 0 unspecified atom stereocenters. The maximum absolute atomic E-state index is 12.8. The van der Waals surface area contributed by atoms with Crippen LogP contribution in [0.3, 0.4) is 0 Å². The summed E-state index contributed by atoms with van der Waals surface area (Å²) in [6.07, 6.45) is 2.55. The standard InChI is InChI=1S/C17H18N4O2/c22-16(21-8-6-13-3-1-2-4-15(13)21)14-5-7-18-17(19-14)20-9-11-23-12-10-20/h1-5,7H,6,8-12H2. The average Bonchev–Trinajstić information content (AvgIpc) is 3.06. The van der Waals surface area contributed by atoms with Crippen LogP contribution < -0.4 is 9.80 Å². The van der Waals surface area contributed by atoms with Gasteiger partial charge in [-0.3, -0.25) is 4.79 Å². The van der Waals surface area contributed by atoms with E-state index in [1.165, 1.54) is 5.56 Å². The molecular formula is C17H18N4O2. The lowest BCUT2D eigenvalue weighted by molar-refractivity contribution is 0.0984. The first-order valence-corrected chi connectivity index (χ1v) is 7.88. The van der Waals surface area contributed by atoms with Crippen LogP contribution in [0, 0.1) is 0 Å². The summed E-state index contributed by atoms with van der Waals surface area (Å²) in [4.78, 5) is 25.5. The molecule has 6 nitrogen and oxygen atoms in total. The first-order valence-electron chi connectivity index (χ1n) is 7.88. The van der Waals surface area contributed by atoms with Crippen LogP contribution in [0.5, 0.6) is 0 Å². The van der Waals surface area contributed by atoms with Crippen LogP contribution in [0.1, 0.15) is 16.1 Å². The lowest BCUT2D eigenvalue weighted by Gasteiger charge is -2.27. The fraction of sp³-hybridized carbons (Fsp3) is 0.353. The van der Waals surface area contributed by atoms with Crippen LogP contribution in [0.4, 0.5) is 11.6 Å².